The number of aryl methyl sites for hydroxylation is 1. The fraction of sp³-hybridized carbons (Fsp3) is 0.304. The van der Waals surface area contributed by atoms with Crippen LogP contribution in [0.4, 0.5) is 4.39 Å². The van der Waals surface area contributed by atoms with E-state index >= 15 is 0 Å². The number of nitrogens with zero attached hydrogens (tertiary/aromatic N) is 2. The van der Waals surface area contributed by atoms with Gasteiger partial charge in [0.15, 0.2) is 23.1 Å². The van der Waals surface area contributed by atoms with E-state index in [1.54, 1.807) is 31.4 Å². The van der Waals surface area contributed by atoms with Crippen molar-refractivity contribution in [1.29, 1.82) is 0 Å². The van der Waals surface area contributed by atoms with Gasteiger partial charge in [0.05, 0.1) is 24.6 Å². The van der Waals surface area contributed by atoms with Gasteiger partial charge in [-0.05, 0) is 49.9 Å². The SMILES string of the molecule is COc1cc2c(Oc3ccc4[nH]c(C)cc4c3F)ncnc2cc1OCC12CC1C2. The molecule has 6 rings (SSSR count). The maximum absolute atomic E-state index is 15.0. The van der Waals surface area contributed by atoms with Gasteiger partial charge in [-0.2, -0.15) is 0 Å². The van der Waals surface area contributed by atoms with Crippen LogP contribution in [-0.2, 0) is 0 Å². The number of ether oxygens (including phenoxy) is 3. The van der Waals surface area contributed by atoms with E-state index in [9.17, 15) is 4.39 Å². The largest absolute Gasteiger partial charge is 0.493 e. The Morgan fingerprint density at radius 3 is 2.70 bits per heavy atom. The van der Waals surface area contributed by atoms with Crippen molar-refractivity contribution < 1.29 is 18.6 Å². The van der Waals surface area contributed by atoms with Crippen LogP contribution in [0, 0.1) is 24.1 Å². The van der Waals surface area contributed by atoms with Crippen LogP contribution in [0.1, 0.15) is 18.5 Å². The van der Waals surface area contributed by atoms with Crippen LogP contribution in [0.25, 0.3) is 21.8 Å². The molecule has 2 saturated carbocycles. The summed E-state index contributed by atoms with van der Waals surface area (Å²) in [6.45, 7) is 2.59. The van der Waals surface area contributed by atoms with Crippen molar-refractivity contribution in [1.82, 2.24) is 15.0 Å². The molecule has 0 radical (unpaired) electrons. The topological polar surface area (TPSA) is 69.3 Å². The number of hydrogen-bond donors (Lipinski definition) is 1. The number of fused-ring (bicyclic) bond motifs is 3. The number of aromatic nitrogens is 3. The summed E-state index contributed by atoms with van der Waals surface area (Å²) >= 11 is 0. The number of halogens is 1. The van der Waals surface area contributed by atoms with Gasteiger partial charge in [-0.15, -0.1) is 0 Å². The molecule has 0 bridgehead atoms. The van der Waals surface area contributed by atoms with Crippen LogP contribution in [-0.4, -0.2) is 28.7 Å². The monoisotopic (exact) mass is 405 g/mol. The van der Waals surface area contributed by atoms with Gasteiger partial charge in [-0.25, -0.2) is 14.4 Å². The first-order chi connectivity index (χ1) is 14.6. The van der Waals surface area contributed by atoms with Gasteiger partial charge in [0.25, 0.3) is 0 Å². The molecule has 0 amide bonds. The van der Waals surface area contributed by atoms with Crippen LogP contribution in [0.2, 0.25) is 0 Å². The second-order valence-electron chi connectivity index (χ2n) is 8.35. The van der Waals surface area contributed by atoms with Crippen molar-refractivity contribution in [2.24, 2.45) is 11.3 Å². The fourth-order valence-electron chi connectivity index (χ4n) is 4.13. The van der Waals surface area contributed by atoms with Gasteiger partial charge in [-0.3, -0.25) is 0 Å². The maximum Gasteiger partial charge on any atom is 0.230 e. The lowest BCUT2D eigenvalue weighted by atomic mass is 10.2. The summed E-state index contributed by atoms with van der Waals surface area (Å²) < 4.78 is 32.4. The van der Waals surface area contributed by atoms with Crippen molar-refractivity contribution >= 4 is 21.8 Å². The molecule has 0 saturated heterocycles. The van der Waals surface area contributed by atoms with E-state index in [2.05, 4.69) is 15.0 Å². The lowest BCUT2D eigenvalue weighted by Gasteiger charge is -2.14. The average molecular weight is 405 g/mol. The van der Waals surface area contributed by atoms with Gasteiger partial charge in [0, 0.05) is 28.1 Å². The highest BCUT2D eigenvalue weighted by Gasteiger charge is 2.70. The van der Waals surface area contributed by atoms with Gasteiger partial charge < -0.3 is 19.2 Å². The summed E-state index contributed by atoms with van der Waals surface area (Å²) in [7, 11) is 1.59. The highest BCUT2D eigenvalue weighted by atomic mass is 19.1. The molecule has 1 N–H and O–H groups in total. The Morgan fingerprint density at radius 2 is 1.93 bits per heavy atom. The summed E-state index contributed by atoms with van der Waals surface area (Å²) in [6, 6.07) is 8.75. The van der Waals surface area contributed by atoms with E-state index in [0.717, 1.165) is 17.1 Å². The molecular formula is C23H20FN3O3. The summed E-state index contributed by atoms with van der Waals surface area (Å²) in [5.41, 5.74) is 2.66. The number of hydrogen-bond acceptors (Lipinski definition) is 5. The van der Waals surface area contributed by atoms with E-state index in [1.165, 1.54) is 19.2 Å². The molecule has 2 aromatic heterocycles. The zero-order valence-electron chi connectivity index (χ0n) is 16.7. The minimum atomic E-state index is -0.432. The minimum Gasteiger partial charge on any atom is -0.493 e. The van der Waals surface area contributed by atoms with Crippen LogP contribution >= 0.6 is 0 Å². The van der Waals surface area contributed by atoms with Crippen LogP contribution < -0.4 is 14.2 Å². The van der Waals surface area contributed by atoms with Gasteiger partial charge >= 0.3 is 0 Å². The predicted molar refractivity (Wildman–Crippen MR) is 110 cm³/mol. The van der Waals surface area contributed by atoms with E-state index in [4.69, 9.17) is 14.2 Å². The molecule has 2 fully saturated rings. The number of benzene rings is 2. The number of aromatic amines is 1. The van der Waals surface area contributed by atoms with Crippen molar-refractivity contribution in [3.63, 3.8) is 0 Å². The van der Waals surface area contributed by atoms with E-state index in [0.29, 0.717) is 39.8 Å². The van der Waals surface area contributed by atoms with Crippen LogP contribution in [0.5, 0.6) is 23.1 Å². The second kappa shape index (κ2) is 6.08. The Morgan fingerprint density at radius 1 is 1.10 bits per heavy atom. The molecule has 7 heteroatoms. The lowest BCUT2D eigenvalue weighted by Crippen LogP contribution is -2.06. The lowest BCUT2D eigenvalue weighted by molar-refractivity contribution is 0.256. The zero-order chi connectivity index (χ0) is 20.5. The summed E-state index contributed by atoms with van der Waals surface area (Å²) in [4.78, 5) is 11.7. The molecule has 2 aliphatic carbocycles. The Labute approximate surface area is 172 Å². The number of methoxy groups -OCH3 is 1. The molecule has 0 spiro atoms. The quantitative estimate of drug-likeness (QED) is 0.481. The van der Waals surface area contributed by atoms with Crippen molar-refractivity contribution in [3.8, 4) is 23.1 Å². The molecule has 0 atom stereocenters. The first-order valence-corrected chi connectivity index (χ1v) is 9.97. The molecule has 0 aliphatic heterocycles. The molecule has 0 unspecified atom stereocenters. The van der Waals surface area contributed by atoms with Crippen LogP contribution in [0.15, 0.2) is 36.7 Å². The number of nitrogens with one attached hydrogen (secondary N) is 1. The molecule has 152 valence electrons. The summed E-state index contributed by atoms with van der Waals surface area (Å²) in [5, 5.41) is 1.11. The van der Waals surface area contributed by atoms with Crippen molar-refractivity contribution in [3.05, 3.63) is 48.2 Å². The highest BCUT2D eigenvalue weighted by molar-refractivity contribution is 5.87. The number of rotatable bonds is 6. The Hall–Kier alpha value is -3.35. The van der Waals surface area contributed by atoms with Crippen molar-refractivity contribution in [2.45, 2.75) is 19.8 Å². The smallest absolute Gasteiger partial charge is 0.230 e. The molecule has 30 heavy (non-hydrogen) atoms. The molecule has 2 aromatic carbocycles. The summed E-state index contributed by atoms with van der Waals surface area (Å²) in [6.07, 6.45) is 3.93. The molecule has 6 nitrogen and oxygen atoms in total. The first-order valence-electron chi connectivity index (χ1n) is 9.97. The standard InChI is InChI=1S/C23H20FN3O3/c1-12-5-14-16(27-12)3-4-18(21(14)24)30-22-15-6-19(28-2)20(7-17(15)25-11-26-22)29-10-23-8-13(23)9-23/h3-7,11,13,27H,8-10H2,1-2H3. The highest BCUT2D eigenvalue weighted by Crippen LogP contribution is 2.75. The third-order valence-electron chi connectivity index (χ3n) is 6.29. The van der Waals surface area contributed by atoms with Gasteiger partial charge in [-0.1, -0.05) is 0 Å². The predicted octanol–water partition coefficient (Wildman–Crippen LogP) is 5.15. The maximum atomic E-state index is 15.0. The minimum absolute atomic E-state index is 0.105. The zero-order valence-corrected chi connectivity index (χ0v) is 16.7. The van der Waals surface area contributed by atoms with Gasteiger partial charge in [0.2, 0.25) is 5.88 Å². The van der Waals surface area contributed by atoms with E-state index in [1.807, 2.05) is 13.0 Å². The first kappa shape index (κ1) is 17.5. The Bertz CT molecular complexity index is 1310. The molecule has 4 aromatic rings. The Kier molecular flexibility index (Phi) is 3.54. The molecular weight excluding hydrogens is 385 g/mol. The van der Waals surface area contributed by atoms with E-state index in [-0.39, 0.29) is 11.6 Å². The normalized spacial score (nSPS) is 21.5. The summed E-state index contributed by atoms with van der Waals surface area (Å²) in [5.74, 6) is 2.01. The second-order valence-corrected chi connectivity index (χ2v) is 8.35. The fourth-order valence-corrected chi connectivity index (χ4v) is 4.13. The Balaban J connectivity index is 1.37. The van der Waals surface area contributed by atoms with E-state index < -0.39 is 5.82 Å². The molecule has 2 heterocycles. The van der Waals surface area contributed by atoms with Crippen molar-refractivity contribution in [2.75, 3.05) is 13.7 Å². The molecule has 2 aliphatic rings. The van der Waals surface area contributed by atoms with Crippen LogP contribution in [0.3, 0.4) is 0 Å². The third-order valence-corrected chi connectivity index (χ3v) is 6.29. The number of H-pyrrole nitrogens is 1. The van der Waals surface area contributed by atoms with Gasteiger partial charge in [0.1, 0.15) is 6.33 Å². The third kappa shape index (κ3) is 2.69. The average Bonchev–Trinajstić information content (AvgIpc) is 3.56.